The Morgan fingerprint density at radius 3 is 2.74 bits per heavy atom. The number of rotatable bonds is 3. The summed E-state index contributed by atoms with van der Waals surface area (Å²) in [5, 5.41) is 9.79. The van der Waals surface area contributed by atoms with Crippen molar-refractivity contribution in [3.05, 3.63) is 52.5 Å². The number of aromatic hydroxyl groups is 1. The number of ether oxygens (including phenoxy) is 1. The Labute approximate surface area is 142 Å². The number of aliphatic imine (C=N–C) groups is 1. The van der Waals surface area contributed by atoms with E-state index >= 15 is 0 Å². The molecule has 118 valence electrons. The Kier molecular flexibility index (Phi) is 4.73. The van der Waals surface area contributed by atoms with Crippen molar-refractivity contribution in [2.45, 2.75) is 0 Å². The molecule has 0 unspecified atom stereocenters. The van der Waals surface area contributed by atoms with Crippen LogP contribution in [0.4, 0.5) is 11.4 Å². The number of phenols is 1. The summed E-state index contributed by atoms with van der Waals surface area (Å²) in [6, 6.07) is 12.6. The predicted molar refractivity (Wildman–Crippen MR) is 92.7 cm³/mol. The van der Waals surface area contributed by atoms with Crippen molar-refractivity contribution in [3.8, 4) is 5.75 Å². The summed E-state index contributed by atoms with van der Waals surface area (Å²) < 4.78 is 6.00. The van der Waals surface area contributed by atoms with Crippen molar-refractivity contribution in [2.24, 2.45) is 4.99 Å². The minimum Gasteiger partial charge on any atom is -0.507 e. The van der Waals surface area contributed by atoms with E-state index in [4.69, 9.17) is 4.74 Å². The molecule has 0 spiro atoms. The molecule has 0 radical (unpaired) electrons. The number of nitrogens with zero attached hydrogens (tertiary/aromatic N) is 2. The van der Waals surface area contributed by atoms with E-state index in [0.717, 1.165) is 15.8 Å². The van der Waals surface area contributed by atoms with E-state index in [1.165, 1.54) is 0 Å². The first-order valence-corrected chi connectivity index (χ1v) is 7.93. The maximum atomic E-state index is 11.8. The number of phenolic OH excluding ortho intramolecular Hbond substituents is 1. The van der Waals surface area contributed by atoms with Gasteiger partial charge >= 0.3 is 0 Å². The quantitative estimate of drug-likeness (QED) is 0.838. The van der Waals surface area contributed by atoms with E-state index < -0.39 is 0 Å². The third-order valence-electron chi connectivity index (χ3n) is 3.49. The maximum absolute atomic E-state index is 11.8. The molecule has 1 aliphatic heterocycles. The van der Waals surface area contributed by atoms with Crippen molar-refractivity contribution < 1.29 is 14.6 Å². The molecule has 1 saturated heterocycles. The summed E-state index contributed by atoms with van der Waals surface area (Å²) in [7, 11) is 0. The molecule has 0 bridgehead atoms. The van der Waals surface area contributed by atoms with Gasteiger partial charge in [0.05, 0.1) is 12.3 Å². The lowest BCUT2D eigenvalue weighted by molar-refractivity contribution is -0.125. The number of amides is 1. The van der Waals surface area contributed by atoms with Crippen LogP contribution in [-0.2, 0) is 9.53 Å². The van der Waals surface area contributed by atoms with Crippen molar-refractivity contribution in [3.63, 3.8) is 0 Å². The molecule has 5 nitrogen and oxygen atoms in total. The maximum Gasteiger partial charge on any atom is 0.253 e. The summed E-state index contributed by atoms with van der Waals surface area (Å²) >= 11 is 3.36. The minimum atomic E-state index is -0.0356. The largest absolute Gasteiger partial charge is 0.507 e. The molecule has 2 aromatic rings. The SMILES string of the molecule is O=C1COCCN1c1ccc(N=Cc2cc(Br)ccc2O)cc1. The van der Waals surface area contributed by atoms with Gasteiger partial charge in [-0.3, -0.25) is 9.79 Å². The summed E-state index contributed by atoms with van der Waals surface area (Å²) in [5.41, 5.74) is 2.21. The first-order chi connectivity index (χ1) is 11.1. The number of carbonyl (C=O) groups excluding carboxylic acids is 1. The molecular formula is C17H15BrN2O3. The molecule has 0 saturated carbocycles. The van der Waals surface area contributed by atoms with Crippen molar-refractivity contribution >= 4 is 39.4 Å². The second kappa shape index (κ2) is 6.93. The van der Waals surface area contributed by atoms with Gasteiger partial charge in [-0.2, -0.15) is 0 Å². The second-order valence-electron chi connectivity index (χ2n) is 5.08. The monoisotopic (exact) mass is 374 g/mol. The van der Waals surface area contributed by atoms with Gasteiger partial charge in [0.1, 0.15) is 12.4 Å². The van der Waals surface area contributed by atoms with Crippen LogP contribution >= 0.6 is 15.9 Å². The fourth-order valence-corrected chi connectivity index (χ4v) is 2.66. The Balaban J connectivity index is 1.76. The van der Waals surface area contributed by atoms with Crippen molar-refractivity contribution in [1.82, 2.24) is 0 Å². The lowest BCUT2D eigenvalue weighted by atomic mass is 10.2. The first-order valence-electron chi connectivity index (χ1n) is 7.14. The number of carbonyl (C=O) groups is 1. The third kappa shape index (κ3) is 3.78. The standard InChI is InChI=1S/C17H15BrN2O3/c18-13-1-6-16(21)12(9-13)10-19-14-2-4-15(5-3-14)20-7-8-23-11-17(20)22/h1-6,9-10,21H,7-8,11H2. The highest BCUT2D eigenvalue weighted by Crippen LogP contribution is 2.23. The normalized spacial score (nSPS) is 15.3. The number of hydrogen-bond acceptors (Lipinski definition) is 4. The van der Waals surface area contributed by atoms with Crippen molar-refractivity contribution in [2.75, 3.05) is 24.7 Å². The zero-order valence-corrected chi connectivity index (χ0v) is 13.9. The molecule has 2 aromatic carbocycles. The Bertz CT molecular complexity index is 744. The summed E-state index contributed by atoms with van der Waals surface area (Å²) in [5.74, 6) is 0.138. The average Bonchev–Trinajstić information content (AvgIpc) is 2.57. The molecule has 3 rings (SSSR count). The molecular weight excluding hydrogens is 360 g/mol. The molecule has 1 aliphatic rings. The Hall–Kier alpha value is -2.18. The summed E-state index contributed by atoms with van der Waals surface area (Å²) in [4.78, 5) is 17.9. The Morgan fingerprint density at radius 2 is 2.00 bits per heavy atom. The van der Waals surface area contributed by atoms with Crippen LogP contribution in [0, 0.1) is 0 Å². The number of hydrogen-bond donors (Lipinski definition) is 1. The molecule has 1 fully saturated rings. The molecule has 1 amide bonds. The van der Waals surface area contributed by atoms with Crippen LogP contribution in [-0.4, -0.2) is 37.0 Å². The van der Waals surface area contributed by atoms with Crippen LogP contribution in [0.25, 0.3) is 0 Å². The molecule has 0 aromatic heterocycles. The van der Waals surface area contributed by atoms with Gasteiger partial charge in [0, 0.05) is 28.5 Å². The third-order valence-corrected chi connectivity index (χ3v) is 3.98. The Morgan fingerprint density at radius 1 is 1.22 bits per heavy atom. The molecule has 1 N–H and O–H groups in total. The fraction of sp³-hybridized carbons (Fsp3) is 0.176. The smallest absolute Gasteiger partial charge is 0.253 e. The predicted octanol–water partition coefficient (Wildman–Crippen LogP) is 3.27. The highest BCUT2D eigenvalue weighted by atomic mass is 79.9. The van der Waals surface area contributed by atoms with Gasteiger partial charge in [-0.15, -0.1) is 0 Å². The molecule has 1 heterocycles. The van der Waals surface area contributed by atoms with Crippen LogP contribution in [0.3, 0.4) is 0 Å². The topological polar surface area (TPSA) is 62.1 Å². The highest BCUT2D eigenvalue weighted by Gasteiger charge is 2.19. The molecule has 0 aliphatic carbocycles. The zero-order chi connectivity index (χ0) is 16.2. The summed E-state index contributed by atoms with van der Waals surface area (Å²) in [6.07, 6.45) is 1.61. The lowest BCUT2D eigenvalue weighted by Crippen LogP contribution is -2.41. The van der Waals surface area contributed by atoms with E-state index in [0.29, 0.717) is 18.7 Å². The van der Waals surface area contributed by atoms with E-state index in [-0.39, 0.29) is 18.3 Å². The van der Waals surface area contributed by atoms with Crippen LogP contribution in [0.1, 0.15) is 5.56 Å². The van der Waals surface area contributed by atoms with Crippen LogP contribution in [0.2, 0.25) is 0 Å². The number of morpholine rings is 1. The second-order valence-corrected chi connectivity index (χ2v) is 5.99. The van der Waals surface area contributed by atoms with E-state index in [1.54, 1.807) is 29.3 Å². The van der Waals surface area contributed by atoms with Gasteiger partial charge in [-0.05, 0) is 42.5 Å². The molecule has 23 heavy (non-hydrogen) atoms. The average molecular weight is 375 g/mol. The number of benzene rings is 2. The highest BCUT2D eigenvalue weighted by molar-refractivity contribution is 9.10. The van der Waals surface area contributed by atoms with Crippen molar-refractivity contribution in [1.29, 1.82) is 0 Å². The van der Waals surface area contributed by atoms with Gasteiger partial charge in [0.25, 0.3) is 5.91 Å². The fourth-order valence-electron chi connectivity index (χ4n) is 2.28. The van der Waals surface area contributed by atoms with E-state index in [2.05, 4.69) is 20.9 Å². The summed E-state index contributed by atoms with van der Waals surface area (Å²) in [6.45, 7) is 1.24. The van der Waals surface area contributed by atoms with Crippen LogP contribution in [0.5, 0.6) is 5.75 Å². The van der Waals surface area contributed by atoms with Gasteiger partial charge in [-0.25, -0.2) is 0 Å². The number of halogens is 1. The van der Waals surface area contributed by atoms with Gasteiger partial charge in [0.2, 0.25) is 0 Å². The zero-order valence-electron chi connectivity index (χ0n) is 12.3. The van der Waals surface area contributed by atoms with E-state index in [1.807, 2.05) is 24.3 Å². The first kappa shape index (κ1) is 15.7. The minimum absolute atomic E-state index is 0.0356. The molecule has 6 heteroatoms. The van der Waals surface area contributed by atoms with Gasteiger partial charge in [-0.1, -0.05) is 15.9 Å². The van der Waals surface area contributed by atoms with Gasteiger partial charge < -0.3 is 14.7 Å². The van der Waals surface area contributed by atoms with Crippen LogP contribution in [0.15, 0.2) is 51.9 Å². The van der Waals surface area contributed by atoms with Crippen LogP contribution < -0.4 is 4.90 Å². The number of anilines is 1. The lowest BCUT2D eigenvalue weighted by Gasteiger charge is -2.26. The van der Waals surface area contributed by atoms with E-state index in [9.17, 15) is 9.90 Å². The molecule has 0 atom stereocenters. The van der Waals surface area contributed by atoms with Gasteiger partial charge in [0.15, 0.2) is 0 Å².